The highest BCUT2D eigenvalue weighted by molar-refractivity contribution is 5.83. The number of benzene rings is 2. The fraction of sp³-hybridized carbons (Fsp3) is 0.118. The van der Waals surface area contributed by atoms with Crippen LogP contribution >= 0.6 is 0 Å². The molecule has 0 heterocycles. The van der Waals surface area contributed by atoms with E-state index in [1.54, 1.807) is 0 Å². The molecule has 2 aromatic carbocycles. The summed E-state index contributed by atoms with van der Waals surface area (Å²) >= 11 is 0. The fourth-order valence-corrected chi connectivity index (χ4v) is 1.77. The second-order valence-electron chi connectivity index (χ2n) is 4.15. The molecule has 0 aromatic heterocycles. The minimum atomic E-state index is 0.343. The highest BCUT2D eigenvalue weighted by atomic mass is 16.1. The first kappa shape index (κ1) is 12.3. The monoisotopic (exact) mass is 236 g/mol. The summed E-state index contributed by atoms with van der Waals surface area (Å²) in [7, 11) is 0. The number of hydrogen-bond donors (Lipinski definition) is 0. The third-order valence-electron chi connectivity index (χ3n) is 2.74. The van der Waals surface area contributed by atoms with Crippen molar-refractivity contribution in [2.24, 2.45) is 0 Å². The van der Waals surface area contributed by atoms with Crippen LogP contribution in [0.2, 0.25) is 0 Å². The number of allylic oxidation sites excluding steroid dienone is 2. The van der Waals surface area contributed by atoms with Crippen LogP contribution in [-0.4, -0.2) is 5.78 Å². The zero-order valence-corrected chi connectivity index (χ0v) is 10.3. The number of ketones is 1. The van der Waals surface area contributed by atoms with Crippen molar-refractivity contribution in [2.75, 3.05) is 0 Å². The molecule has 0 radical (unpaired) electrons. The minimum absolute atomic E-state index is 0.343. The lowest BCUT2D eigenvalue weighted by Gasteiger charge is -1.98. The second-order valence-corrected chi connectivity index (χ2v) is 4.15. The summed E-state index contributed by atoms with van der Waals surface area (Å²) in [6.07, 6.45) is 5.14. The second kappa shape index (κ2) is 6.55. The summed E-state index contributed by atoms with van der Waals surface area (Å²) in [5.41, 5.74) is 2.55. The van der Waals surface area contributed by atoms with Gasteiger partial charge in [-0.2, -0.15) is 0 Å². The Morgan fingerprint density at radius 2 is 1.00 bits per heavy atom. The molecule has 0 saturated carbocycles. The summed E-state index contributed by atoms with van der Waals surface area (Å²) in [5.74, 6) is 0.343. The molecule has 2 aromatic rings. The largest absolute Gasteiger partial charge is 0.299 e. The SMILES string of the molecule is O=C1CC=CC1.c1ccc(-c2ccccc2)cc1. The van der Waals surface area contributed by atoms with Gasteiger partial charge in [0.05, 0.1) is 0 Å². The summed E-state index contributed by atoms with van der Waals surface area (Å²) in [6, 6.07) is 20.8. The quantitative estimate of drug-likeness (QED) is 0.676. The Morgan fingerprint density at radius 3 is 1.28 bits per heavy atom. The molecule has 0 amide bonds. The summed E-state index contributed by atoms with van der Waals surface area (Å²) in [6.45, 7) is 0. The lowest BCUT2D eigenvalue weighted by atomic mass is 10.1. The van der Waals surface area contributed by atoms with Crippen LogP contribution in [0.15, 0.2) is 72.8 Å². The average Bonchev–Trinajstić information content (AvgIpc) is 2.93. The van der Waals surface area contributed by atoms with E-state index in [1.165, 1.54) is 11.1 Å². The molecular weight excluding hydrogens is 220 g/mol. The summed E-state index contributed by atoms with van der Waals surface area (Å²) in [5, 5.41) is 0. The molecule has 18 heavy (non-hydrogen) atoms. The van der Waals surface area contributed by atoms with Crippen LogP contribution in [-0.2, 0) is 4.79 Å². The lowest BCUT2D eigenvalue weighted by Crippen LogP contribution is -1.83. The predicted molar refractivity (Wildman–Crippen MR) is 75.3 cm³/mol. The average molecular weight is 236 g/mol. The van der Waals surface area contributed by atoms with Gasteiger partial charge >= 0.3 is 0 Å². The molecule has 3 rings (SSSR count). The van der Waals surface area contributed by atoms with Crippen molar-refractivity contribution >= 4 is 5.78 Å². The van der Waals surface area contributed by atoms with Gasteiger partial charge in [-0.1, -0.05) is 72.8 Å². The van der Waals surface area contributed by atoms with Gasteiger partial charge in [-0.3, -0.25) is 4.79 Å². The van der Waals surface area contributed by atoms with Crippen LogP contribution in [0.5, 0.6) is 0 Å². The van der Waals surface area contributed by atoms with Crippen molar-refractivity contribution in [1.82, 2.24) is 0 Å². The van der Waals surface area contributed by atoms with Gasteiger partial charge in [-0.05, 0) is 11.1 Å². The third-order valence-corrected chi connectivity index (χ3v) is 2.74. The van der Waals surface area contributed by atoms with E-state index >= 15 is 0 Å². The maximum Gasteiger partial charge on any atom is 0.140 e. The molecule has 90 valence electrons. The molecule has 0 saturated heterocycles. The first-order valence-corrected chi connectivity index (χ1v) is 6.13. The van der Waals surface area contributed by atoms with E-state index in [9.17, 15) is 4.79 Å². The highest BCUT2D eigenvalue weighted by Gasteiger charge is 1.99. The van der Waals surface area contributed by atoms with Crippen LogP contribution in [0.25, 0.3) is 11.1 Å². The zero-order valence-electron chi connectivity index (χ0n) is 10.3. The van der Waals surface area contributed by atoms with Gasteiger partial charge in [0, 0.05) is 12.8 Å². The van der Waals surface area contributed by atoms with Gasteiger partial charge in [0.25, 0.3) is 0 Å². The third kappa shape index (κ3) is 3.70. The lowest BCUT2D eigenvalue weighted by molar-refractivity contribution is -0.116. The molecule has 1 aliphatic carbocycles. The Bertz CT molecular complexity index is 464. The molecule has 0 unspecified atom stereocenters. The standard InChI is InChI=1S/C12H10.C5H6O/c1-3-7-11(8-4-1)12-9-5-2-6-10-12;6-5-3-1-2-4-5/h1-10H;1-2H,3-4H2. The molecule has 0 spiro atoms. The van der Waals surface area contributed by atoms with E-state index < -0.39 is 0 Å². The van der Waals surface area contributed by atoms with Gasteiger partial charge in [-0.25, -0.2) is 0 Å². The van der Waals surface area contributed by atoms with Crippen molar-refractivity contribution in [1.29, 1.82) is 0 Å². The first-order valence-electron chi connectivity index (χ1n) is 6.13. The maximum absolute atomic E-state index is 10.2. The van der Waals surface area contributed by atoms with Gasteiger partial charge in [0.1, 0.15) is 5.78 Å². The van der Waals surface area contributed by atoms with Crippen LogP contribution in [0.4, 0.5) is 0 Å². The molecule has 0 bridgehead atoms. The topological polar surface area (TPSA) is 17.1 Å². The normalized spacial score (nSPS) is 13.0. The van der Waals surface area contributed by atoms with E-state index in [2.05, 4.69) is 48.5 Å². The summed E-state index contributed by atoms with van der Waals surface area (Å²) in [4.78, 5) is 10.2. The van der Waals surface area contributed by atoms with Crippen molar-refractivity contribution in [3.63, 3.8) is 0 Å². The highest BCUT2D eigenvalue weighted by Crippen LogP contribution is 2.17. The van der Waals surface area contributed by atoms with Crippen molar-refractivity contribution in [2.45, 2.75) is 12.8 Å². The Morgan fingerprint density at radius 1 is 0.611 bits per heavy atom. The number of hydrogen-bond acceptors (Lipinski definition) is 1. The Labute approximate surface area is 108 Å². The number of Topliss-reactive ketones (excluding diaryl/α,β-unsaturated/α-hetero) is 1. The fourth-order valence-electron chi connectivity index (χ4n) is 1.77. The van der Waals surface area contributed by atoms with Gasteiger partial charge in [-0.15, -0.1) is 0 Å². The van der Waals surface area contributed by atoms with E-state index in [4.69, 9.17) is 0 Å². The van der Waals surface area contributed by atoms with Crippen LogP contribution in [0.1, 0.15) is 12.8 Å². The molecule has 0 atom stereocenters. The molecule has 1 aliphatic rings. The molecule has 1 heteroatoms. The number of carbonyl (C=O) groups is 1. The predicted octanol–water partition coefficient (Wildman–Crippen LogP) is 4.26. The number of carbonyl (C=O) groups excluding carboxylic acids is 1. The van der Waals surface area contributed by atoms with Crippen LogP contribution < -0.4 is 0 Å². The van der Waals surface area contributed by atoms with E-state index in [-0.39, 0.29) is 0 Å². The number of rotatable bonds is 1. The van der Waals surface area contributed by atoms with E-state index in [1.807, 2.05) is 24.3 Å². The smallest absolute Gasteiger partial charge is 0.140 e. The molecule has 0 N–H and O–H groups in total. The van der Waals surface area contributed by atoms with Crippen molar-refractivity contribution in [3.05, 3.63) is 72.8 Å². The van der Waals surface area contributed by atoms with E-state index in [0.717, 1.165) is 0 Å². The van der Waals surface area contributed by atoms with Crippen LogP contribution in [0.3, 0.4) is 0 Å². The Balaban J connectivity index is 0.000000169. The molecule has 1 nitrogen and oxygen atoms in total. The van der Waals surface area contributed by atoms with Gasteiger partial charge in [0.2, 0.25) is 0 Å². The zero-order chi connectivity index (χ0) is 12.6. The first-order chi connectivity index (χ1) is 8.86. The Kier molecular flexibility index (Phi) is 4.48. The maximum atomic E-state index is 10.2. The Hall–Kier alpha value is -2.15. The van der Waals surface area contributed by atoms with Crippen molar-refractivity contribution in [3.8, 4) is 11.1 Å². The summed E-state index contributed by atoms with van der Waals surface area (Å²) < 4.78 is 0. The van der Waals surface area contributed by atoms with Crippen LogP contribution in [0, 0.1) is 0 Å². The van der Waals surface area contributed by atoms with Gasteiger partial charge < -0.3 is 0 Å². The van der Waals surface area contributed by atoms with E-state index in [0.29, 0.717) is 18.6 Å². The molecule has 0 aliphatic heterocycles. The van der Waals surface area contributed by atoms with Gasteiger partial charge in [0.15, 0.2) is 0 Å². The van der Waals surface area contributed by atoms with Crippen molar-refractivity contribution < 1.29 is 4.79 Å². The minimum Gasteiger partial charge on any atom is -0.299 e. The molecular formula is C17H16O. The molecule has 0 fully saturated rings.